The minimum absolute atomic E-state index is 0.0759. The van der Waals surface area contributed by atoms with Crippen molar-refractivity contribution in [1.82, 2.24) is 9.55 Å². The molecule has 1 atom stereocenters. The number of benzene rings is 1. The lowest BCUT2D eigenvalue weighted by molar-refractivity contribution is 0.0933. The smallest absolute Gasteiger partial charge is 0.185 e. The van der Waals surface area contributed by atoms with Crippen LogP contribution in [-0.4, -0.2) is 15.3 Å². The van der Waals surface area contributed by atoms with Gasteiger partial charge in [0.05, 0.1) is 6.04 Å². The highest BCUT2D eigenvalue weighted by atomic mass is 35.5. The molecule has 0 aliphatic heterocycles. The fraction of sp³-hybridized carbons (Fsp3) is 0.333. The Balaban J connectivity index is 2.23. The molecule has 0 N–H and O–H groups in total. The first-order valence-electron chi connectivity index (χ1n) is 6.45. The maximum Gasteiger partial charge on any atom is 0.185 e. The molecule has 0 aliphatic carbocycles. The molecule has 0 fully saturated rings. The monoisotopic (exact) mass is 276 g/mol. The second kappa shape index (κ2) is 6.02. The van der Waals surface area contributed by atoms with Crippen molar-refractivity contribution in [3.8, 4) is 0 Å². The van der Waals surface area contributed by atoms with Gasteiger partial charge in [0.15, 0.2) is 5.78 Å². The summed E-state index contributed by atoms with van der Waals surface area (Å²) in [5, 5.41) is 0.638. The van der Waals surface area contributed by atoms with E-state index in [9.17, 15) is 4.79 Å². The minimum atomic E-state index is -0.245. The molecular formula is C15H17ClN2O. The number of hydrogen-bond donors (Lipinski definition) is 0. The van der Waals surface area contributed by atoms with E-state index in [4.69, 9.17) is 11.6 Å². The summed E-state index contributed by atoms with van der Waals surface area (Å²) in [6.45, 7) is 4.00. The Morgan fingerprint density at radius 1 is 1.37 bits per heavy atom. The topological polar surface area (TPSA) is 34.9 Å². The lowest BCUT2D eigenvalue weighted by Crippen LogP contribution is -2.18. The van der Waals surface area contributed by atoms with Gasteiger partial charge < -0.3 is 4.57 Å². The summed E-state index contributed by atoms with van der Waals surface area (Å²) in [6.07, 6.45) is 5.50. The Morgan fingerprint density at radius 3 is 2.68 bits per heavy atom. The van der Waals surface area contributed by atoms with E-state index in [1.54, 1.807) is 30.5 Å². The highest BCUT2D eigenvalue weighted by Gasteiger charge is 2.18. The number of aryl methyl sites for hydroxylation is 1. The van der Waals surface area contributed by atoms with Crippen molar-refractivity contribution in [2.45, 2.75) is 32.7 Å². The Kier molecular flexibility index (Phi) is 4.38. The molecule has 1 heterocycles. The van der Waals surface area contributed by atoms with Gasteiger partial charge in [-0.1, -0.05) is 18.5 Å². The van der Waals surface area contributed by atoms with Crippen molar-refractivity contribution in [1.29, 1.82) is 0 Å². The SMILES string of the molecule is CCCc1nccn1C(C)C(=O)c1ccc(Cl)cc1. The van der Waals surface area contributed by atoms with Crippen LogP contribution in [0.2, 0.25) is 5.02 Å². The first kappa shape index (κ1) is 13.8. The highest BCUT2D eigenvalue weighted by molar-refractivity contribution is 6.30. The Labute approximate surface area is 118 Å². The molecule has 1 unspecified atom stereocenters. The van der Waals surface area contributed by atoms with E-state index in [0.29, 0.717) is 10.6 Å². The van der Waals surface area contributed by atoms with Crippen LogP contribution in [0.25, 0.3) is 0 Å². The maximum atomic E-state index is 12.4. The molecule has 0 bridgehead atoms. The number of carbonyl (C=O) groups excluding carboxylic acids is 1. The summed E-state index contributed by atoms with van der Waals surface area (Å²) in [5.74, 6) is 1.03. The van der Waals surface area contributed by atoms with Crippen molar-refractivity contribution in [2.24, 2.45) is 0 Å². The van der Waals surface area contributed by atoms with Gasteiger partial charge in [-0.05, 0) is 37.6 Å². The molecule has 1 aromatic heterocycles. The van der Waals surface area contributed by atoms with E-state index in [1.165, 1.54) is 0 Å². The summed E-state index contributed by atoms with van der Waals surface area (Å²) in [5.41, 5.74) is 0.674. The highest BCUT2D eigenvalue weighted by Crippen LogP contribution is 2.18. The number of Topliss-reactive ketones (excluding diaryl/α,β-unsaturated/α-hetero) is 1. The van der Waals surface area contributed by atoms with Gasteiger partial charge in [-0.3, -0.25) is 4.79 Å². The van der Waals surface area contributed by atoms with Crippen molar-refractivity contribution in [3.05, 3.63) is 53.1 Å². The molecule has 0 amide bonds. The molecule has 0 saturated carbocycles. The van der Waals surface area contributed by atoms with E-state index in [1.807, 2.05) is 17.7 Å². The van der Waals surface area contributed by atoms with Crippen LogP contribution < -0.4 is 0 Å². The minimum Gasteiger partial charge on any atom is -0.324 e. The molecule has 0 aliphatic rings. The van der Waals surface area contributed by atoms with Crippen molar-refractivity contribution in [3.63, 3.8) is 0 Å². The maximum absolute atomic E-state index is 12.4. The molecule has 19 heavy (non-hydrogen) atoms. The predicted molar refractivity (Wildman–Crippen MR) is 76.7 cm³/mol. The zero-order valence-corrected chi connectivity index (χ0v) is 11.9. The normalized spacial score (nSPS) is 12.4. The van der Waals surface area contributed by atoms with Crippen LogP contribution in [0.3, 0.4) is 0 Å². The number of aromatic nitrogens is 2. The zero-order valence-electron chi connectivity index (χ0n) is 11.1. The summed E-state index contributed by atoms with van der Waals surface area (Å²) in [6, 6.07) is 6.75. The first-order valence-corrected chi connectivity index (χ1v) is 6.82. The van der Waals surface area contributed by atoms with Crippen molar-refractivity contribution in [2.75, 3.05) is 0 Å². The molecular weight excluding hydrogens is 260 g/mol. The van der Waals surface area contributed by atoms with Gasteiger partial charge in [0.25, 0.3) is 0 Å². The summed E-state index contributed by atoms with van der Waals surface area (Å²) < 4.78 is 1.94. The van der Waals surface area contributed by atoms with Crippen LogP contribution in [0.5, 0.6) is 0 Å². The predicted octanol–water partition coefficient (Wildman–Crippen LogP) is 3.93. The van der Waals surface area contributed by atoms with E-state index >= 15 is 0 Å². The number of nitrogens with zero attached hydrogens (tertiary/aromatic N) is 2. The molecule has 1 aromatic carbocycles. The average molecular weight is 277 g/mol. The molecule has 0 spiro atoms. The van der Waals surface area contributed by atoms with Gasteiger partial charge in [0.1, 0.15) is 5.82 Å². The Bertz CT molecular complexity index is 560. The van der Waals surface area contributed by atoms with Crippen molar-refractivity contribution < 1.29 is 4.79 Å². The van der Waals surface area contributed by atoms with Crippen LogP contribution >= 0.6 is 11.6 Å². The van der Waals surface area contributed by atoms with E-state index < -0.39 is 0 Å². The fourth-order valence-electron chi connectivity index (χ4n) is 2.10. The number of imidazole rings is 1. The third-order valence-corrected chi connectivity index (χ3v) is 3.40. The zero-order chi connectivity index (χ0) is 13.8. The van der Waals surface area contributed by atoms with Crippen molar-refractivity contribution >= 4 is 17.4 Å². The third kappa shape index (κ3) is 3.04. The van der Waals surface area contributed by atoms with Gasteiger partial charge in [-0.2, -0.15) is 0 Å². The van der Waals surface area contributed by atoms with Gasteiger partial charge in [-0.15, -0.1) is 0 Å². The number of halogens is 1. The fourth-order valence-corrected chi connectivity index (χ4v) is 2.22. The van der Waals surface area contributed by atoms with Crippen LogP contribution in [0.1, 0.15) is 42.5 Å². The summed E-state index contributed by atoms with van der Waals surface area (Å²) in [7, 11) is 0. The van der Waals surface area contributed by atoms with Gasteiger partial charge in [0.2, 0.25) is 0 Å². The van der Waals surface area contributed by atoms with Gasteiger partial charge in [-0.25, -0.2) is 4.98 Å². The number of carbonyl (C=O) groups is 1. The molecule has 4 heteroatoms. The second-order valence-electron chi connectivity index (χ2n) is 4.55. The van der Waals surface area contributed by atoms with Crippen LogP contribution in [0.15, 0.2) is 36.7 Å². The van der Waals surface area contributed by atoms with E-state index in [0.717, 1.165) is 18.7 Å². The molecule has 0 radical (unpaired) electrons. The van der Waals surface area contributed by atoms with E-state index in [2.05, 4.69) is 11.9 Å². The van der Waals surface area contributed by atoms with Crippen LogP contribution in [0, 0.1) is 0 Å². The quantitative estimate of drug-likeness (QED) is 0.776. The number of hydrogen-bond acceptors (Lipinski definition) is 2. The lowest BCUT2D eigenvalue weighted by atomic mass is 10.1. The summed E-state index contributed by atoms with van der Waals surface area (Å²) >= 11 is 5.84. The van der Waals surface area contributed by atoms with Gasteiger partial charge in [0, 0.05) is 29.4 Å². The molecule has 2 rings (SSSR count). The lowest BCUT2D eigenvalue weighted by Gasteiger charge is -2.15. The first-order chi connectivity index (χ1) is 9.13. The third-order valence-electron chi connectivity index (χ3n) is 3.15. The Hall–Kier alpha value is -1.61. The largest absolute Gasteiger partial charge is 0.324 e. The number of rotatable bonds is 5. The molecule has 100 valence electrons. The second-order valence-corrected chi connectivity index (χ2v) is 4.98. The molecule has 3 nitrogen and oxygen atoms in total. The van der Waals surface area contributed by atoms with E-state index in [-0.39, 0.29) is 11.8 Å². The Morgan fingerprint density at radius 2 is 2.05 bits per heavy atom. The molecule has 2 aromatic rings. The number of ketones is 1. The van der Waals surface area contributed by atoms with Gasteiger partial charge >= 0.3 is 0 Å². The molecule has 0 saturated heterocycles. The standard InChI is InChI=1S/C15H17ClN2O/c1-3-4-14-17-9-10-18(14)11(2)15(19)12-5-7-13(16)8-6-12/h5-11H,3-4H2,1-2H3. The van der Waals surface area contributed by atoms with Crippen LogP contribution in [0.4, 0.5) is 0 Å². The average Bonchev–Trinajstić information content (AvgIpc) is 2.87. The summed E-state index contributed by atoms with van der Waals surface area (Å²) in [4.78, 5) is 16.7. The van der Waals surface area contributed by atoms with Crippen LogP contribution in [-0.2, 0) is 6.42 Å².